The first-order valence-electron chi connectivity index (χ1n) is 5.91. The summed E-state index contributed by atoms with van der Waals surface area (Å²) in [5.41, 5.74) is 5.40. The molecule has 4 heteroatoms. The van der Waals surface area contributed by atoms with Crippen molar-refractivity contribution in [1.29, 1.82) is 0 Å². The Labute approximate surface area is 91.0 Å². The molecule has 2 rings (SSSR count). The van der Waals surface area contributed by atoms with Crippen LogP contribution in [0.2, 0.25) is 0 Å². The summed E-state index contributed by atoms with van der Waals surface area (Å²) >= 11 is 0. The maximum Gasteiger partial charge on any atom is 0.228 e. The van der Waals surface area contributed by atoms with Crippen molar-refractivity contribution in [2.45, 2.75) is 32.2 Å². The second-order valence-electron chi connectivity index (χ2n) is 4.99. The lowest BCUT2D eigenvalue weighted by Gasteiger charge is -2.28. The summed E-state index contributed by atoms with van der Waals surface area (Å²) in [6.45, 7) is 4.33. The largest absolute Gasteiger partial charge is 0.352 e. The van der Waals surface area contributed by atoms with Gasteiger partial charge in [-0.2, -0.15) is 0 Å². The quantitative estimate of drug-likeness (QED) is 0.607. The molecule has 15 heavy (non-hydrogen) atoms. The Hall–Kier alpha value is -0.610. The van der Waals surface area contributed by atoms with Crippen LogP contribution in [0.15, 0.2) is 0 Å². The van der Waals surface area contributed by atoms with Crippen molar-refractivity contribution < 1.29 is 4.79 Å². The zero-order valence-corrected chi connectivity index (χ0v) is 9.38. The summed E-state index contributed by atoms with van der Waals surface area (Å²) in [6, 6.07) is 0.0914. The Morgan fingerprint density at radius 2 is 2.53 bits per heavy atom. The van der Waals surface area contributed by atoms with Gasteiger partial charge < -0.3 is 16.4 Å². The van der Waals surface area contributed by atoms with Gasteiger partial charge in [-0.1, -0.05) is 6.42 Å². The highest BCUT2D eigenvalue weighted by molar-refractivity contribution is 5.84. The molecule has 2 fully saturated rings. The molecule has 86 valence electrons. The van der Waals surface area contributed by atoms with Crippen molar-refractivity contribution in [3.8, 4) is 0 Å². The van der Waals surface area contributed by atoms with Crippen LogP contribution in [0.3, 0.4) is 0 Å². The number of fused-ring (bicyclic) bond motifs is 1. The average molecular weight is 211 g/mol. The molecule has 1 saturated carbocycles. The van der Waals surface area contributed by atoms with E-state index in [0.29, 0.717) is 12.5 Å². The molecule has 0 spiro atoms. The lowest BCUT2D eigenvalue weighted by molar-refractivity contribution is -0.131. The molecule has 0 aromatic carbocycles. The molecule has 1 aliphatic heterocycles. The minimum Gasteiger partial charge on any atom is -0.352 e. The van der Waals surface area contributed by atoms with Gasteiger partial charge in [0, 0.05) is 19.1 Å². The molecule has 1 aliphatic carbocycles. The van der Waals surface area contributed by atoms with Gasteiger partial charge in [-0.25, -0.2) is 0 Å². The molecule has 0 bridgehead atoms. The molecule has 4 N–H and O–H groups in total. The van der Waals surface area contributed by atoms with Crippen molar-refractivity contribution in [1.82, 2.24) is 10.6 Å². The lowest BCUT2D eigenvalue weighted by atomic mass is 9.79. The van der Waals surface area contributed by atoms with Crippen LogP contribution in [0.25, 0.3) is 0 Å². The molecular weight excluding hydrogens is 190 g/mol. The fourth-order valence-electron chi connectivity index (χ4n) is 2.95. The van der Waals surface area contributed by atoms with Gasteiger partial charge in [0.1, 0.15) is 0 Å². The smallest absolute Gasteiger partial charge is 0.228 e. The Morgan fingerprint density at radius 1 is 1.73 bits per heavy atom. The molecule has 0 radical (unpaired) electrons. The number of hydrogen-bond donors (Lipinski definition) is 3. The summed E-state index contributed by atoms with van der Waals surface area (Å²) in [5.74, 6) is 0.760. The Kier molecular flexibility index (Phi) is 2.98. The van der Waals surface area contributed by atoms with Crippen LogP contribution < -0.4 is 16.4 Å². The van der Waals surface area contributed by atoms with E-state index in [2.05, 4.69) is 10.6 Å². The number of nitrogens with one attached hydrogen (secondary N) is 2. The van der Waals surface area contributed by atoms with E-state index in [-0.39, 0.29) is 17.4 Å². The van der Waals surface area contributed by atoms with Crippen LogP contribution >= 0.6 is 0 Å². The number of amides is 1. The third kappa shape index (κ3) is 1.76. The molecule has 1 saturated heterocycles. The molecular formula is C11H21N3O. The number of nitrogens with two attached hydrogens (primary N) is 1. The number of hydrogen-bond acceptors (Lipinski definition) is 3. The van der Waals surface area contributed by atoms with Crippen molar-refractivity contribution in [3.05, 3.63) is 0 Å². The van der Waals surface area contributed by atoms with Gasteiger partial charge in [0.2, 0.25) is 5.91 Å². The van der Waals surface area contributed by atoms with E-state index in [1.165, 1.54) is 12.8 Å². The molecule has 3 atom stereocenters. The summed E-state index contributed by atoms with van der Waals surface area (Å²) < 4.78 is 0. The minimum absolute atomic E-state index is 0.0914. The maximum atomic E-state index is 12.2. The van der Waals surface area contributed by atoms with Crippen molar-refractivity contribution in [2.75, 3.05) is 19.6 Å². The molecule has 1 heterocycles. The van der Waals surface area contributed by atoms with Crippen LogP contribution in [-0.2, 0) is 4.79 Å². The lowest BCUT2D eigenvalue weighted by Crippen LogP contribution is -2.49. The Morgan fingerprint density at radius 3 is 3.27 bits per heavy atom. The van der Waals surface area contributed by atoms with Crippen LogP contribution in [-0.4, -0.2) is 31.6 Å². The van der Waals surface area contributed by atoms with E-state index in [1.54, 1.807) is 0 Å². The van der Waals surface area contributed by atoms with Gasteiger partial charge in [-0.05, 0) is 32.2 Å². The standard InChI is InChI=1S/C11H21N3O/c1-8(5-12)14-10(15)11-4-2-3-9(11)6-13-7-11/h8-9,13H,2-7,12H2,1H3,(H,14,15)/t8-,9-,11-/m1/s1. The molecule has 4 nitrogen and oxygen atoms in total. The zero-order chi connectivity index (χ0) is 10.9. The van der Waals surface area contributed by atoms with Gasteiger partial charge >= 0.3 is 0 Å². The van der Waals surface area contributed by atoms with E-state index in [0.717, 1.165) is 19.5 Å². The van der Waals surface area contributed by atoms with Gasteiger partial charge in [-0.15, -0.1) is 0 Å². The summed E-state index contributed by atoms with van der Waals surface area (Å²) in [5, 5.41) is 6.37. The predicted molar refractivity (Wildman–Crippen MR) is 59.3 cm³/mol. The first kappa shape index (κ1) is 10.9. The third-order valence-corrected chi connectivity index (χ3v) is 3.97. The van der Waals surface area contributed by atoms with Crippen molar-refractivity contribution in [2.24, 2.45) is 17.1 Å². The summed E-state index contributed by atoms with van der Waals surface area (Å²) in [7, 11) is 0. The van der Waals surface area contributed by atoms with Gasteiger partial charge in [-0.3, -0.25) is 4.79 Å². The highest BCUT2D eigenvalue weighted by atomic mass is 16.2. The summed E-state index contributed by atoms with van der Waals surface area (Å²) in [6.07, 6.45) is 3.42. The second kappa shape index (κ2) is 4.10. The number of carbonyl (C=O) groups excluding carboxylic acids is 1. The highest BCUT2D eigenvalue weighted by Gasteiger charge is 2.51. The Bertz CT molecular complexity index is 244. The third-order valence-electron chi connectivity index (χ3n) is 3.97. The topological polar surface area (TPSA) is 67.1 Å². The predicted octanol–water partition coefficient (Wildman–Crippen LogP) is -0.160. The minimum atomic E-state index is -0.122. The van der Waals surface area contributed by atoms with Gasteiger partial charge in [0.25, 0.3) is 0 Å². The molecule has 0 aromatic rings. The van der Waals surface area contributed by atoms with E-state index in [1.807, 2.05) is 6.92 Å². The Balaban J connectivity index is 2.04. The van der Waals surface area contributed by atoms with Crippen molar-refractivity contribution in [3.63, 3.8) is 0 Å². The monoisotopic (exact) mass is 211 g/mol. The van der Waals surface area contributed by atoms with E-state index in [9.17, 15) is 4.79 Å². The maximum absolute atomic E-state index is 12.2. The van der Waals surface area contributed by atoms with Gasteiger partial charge in [0.15, 0.2) is 0 Å². The average Bonchev–Trinajstić information content (AvgIpc) is 2.75. The molecule has 2 aliphatic rings. The van der Waals surface area contributed by atoms with Crippen molar-refractivity contribution >= 4 is 5.91 Å². The fraction of sp³-hybridized carbons (Fsp3) is 0.909. The van der Waals surface area contributed by atoms with E-state index < -0.39 is 0 Å². The summed E-state index contributed by atoms with van der Waals surface area (Å²) in [4.78, 5) is 12.2. The number of carbonyl (C=O) groups is 1. The first-order valence-corrected chi connectivity index (χ1v) is 5.91. The zero-order valence-electron chi connectivity index (χ0n) is 9.38. The SMILES string of the molecule is C[C@H](CN)NC(=O)[C@@]12CCC[C@@H]1CNC2. The van der Waals surface area contributed by atoms with E-state index in [4.69, 9.17) is 5.73 Å². The van der Waals surface area contributed by atoms with Crippen LogP contribution in [0.1, 0.15) is 26.2 Å². The molecule has 1 amide bonds. The number of rotatable bonds is 3. The van der Waals surface area contributed by atoms with Gasteiger partial charge in [0.05, 0.1) is 5.41 Å². The molecule has 0 unspecified atom stereocenters. The normalized spacial score (nSPS) is 36.3. The second-order valence-corrected chi connectivity index (χ2v) is 4.99. The van der Waals surface area contributed by atoms with Crippen LogP contribution in [0.5, 0.6) is 0 Å². The van der Waals surface area contributed by atoms with E-state index >= 15 is 0 Å². The first-order chi connectivity index (χ1) is 7.19. The highest BCUT2D eigenvalue weighted by Crippen LogP contribution is 2.45. The fourth-order valence-corrected chi connectivity index (χ4v) is 2.95. The molecule has 0 aromatic heterocycles. The van der Waals surface area contributed by atoms with Crippen LogP contribution in [0.4, 0.5) is 0 Å². The van der Waals surface area contributed by atoms with Crippen LogP contribution in [0, 0.1) is 11.3 Å².